The van der Waals surface area contributed by atoms with Gasteiger partial charge in [-0.15, -0.1) is 0 Å². The fraction of sp³-hybridized carbons (Fsp3) is 0.565. The molecule has 3 rings (SSSR count). The molecule has 1 aliphatic carbocycles. The maximum atomic E-state index is 12.8. The predicted molar refractivity (Wildman–Crippen MR) is 120 cm³/mol. The van der Waals surface area contributed by atoms with Crippen molar-refractivity contribution < 1.29 is 4.79 Å². The van der Waals surface area contributed by atoms with Gasteiger partial charge in [-0.05, 0) is 50.3 Å². The molecule has 0 unspecified atom stereocenters. The van der Waals surface area contributed by atoms with Gasteiger partial charge in [0.05, 0.1) is 12.0 Å². The summed E-state index contributed by atoms with van der Waals surface area (Å²) in [4.78, 5) is 22.7. The van der Waals surface area contributed by atoms with Gasteiger partial charge in [-0.25, -0.2) is 0 Å². The first-order valence-corrected chi connectivity index (χ1v) is 10.8. The number of aromatic nitrogens is 1. The molecule has 1 heterocycles. The van der Waals surface area contributed by atoms with Crippen LogP contribution in [-0.4, -0.2) is 55.5 Å². The number of nitrogens with one attached hydrogen (secondary N) is 3. The molecule has 2 aromatic rings. The molecule has 1 aromatic heterocycles. The summed E-state index contributed by atoms with van der Waals surface area (Å²) in [5, 5.41) is 8.05. The normalized spacial score (nSPS) is 16.2. The van der Waals surface area contributed by atoms with Crippen LogP contribution in [0.4, 0.5) is 0 Å². The summed E-state index contributed by atoms with van der Waals surface area (Å²) in [7, 11) is 3.69. The van der Waals surface area contributed by atoms with E-state index in [1.54, 1.807) is 4.90 Å². The largest absolute Gasteiger partial charge is 0.361 e. The molecular formula is C23H35N5O. The van der Waals surface area contributed by atoms with E-state index in [1.165, 1.54) is 22.0 Å². The molecule has 0 bridgehead atoms. The van der Waals surface area contributed by atoms with Crippen LogP contribution in [0.5, 0.6) is 0 Å². The number of amides is 1. The molecule has 6 heteroatoms. The van der Waals surface area contributed by atoms with Crippen LogP contribution in [0.15, 0.2) is 29.4 Å². The molecule has 1 saturated carbocycles. The Morgan fingerprint density at radius 3 is 2.69 bits per heavy atom. The van der Waals surface area contributed by atoms with E-state index < -0.39 is 0 Å². The van der Waals surface area contributed by atoms with Crippen LogP contribution in [-0.2, 0) is 11.2 Å². The van der Waals surface area contributed by atoms with Crippen LogP contribution in [0.2, 0.25) is 0 Å². The van der Waals surface area contributed by atoms with Gasteiger partial charge in [-0.3, -0.25) is 9.79 Å². The lowest BCUT2D eigenvalue weighted by molar-refractivity contribution is -0.138. The molecule has 0 saturated heterocycles. The highest BCUT2D eigenvalue weighted by Crippen LogP contribution is 2.39. The number of aryl methyl sites for hydroxylation is 1. The molecule has 29 heavy (non-hydrogen) atoms. The molecule has 1 fully saturated rings. The number of aliphatic imine (C=N–C) groups is 1. The first kappa shape index (κ1) is 21.2. The third-order valence-electron chi connectivity index (χ3n) is 5.91. The summed E-state index contributed by atoms with van der Waals surface area (Å²) in [6, 6.07) is 6.52. The summed E-state index contributed by atoms with van der Waals surface area (Å²) in [6.07, 6.45) is 7.09. The topological polar surface area (TPSA) is 72.5 Å². The van der Waals surface area contributed by atoms with E-state index >= 15 is 0 Å². The lowest BCUT2D eigenvalue weighted by Gasteiger charge is -2.29. The van der Waals surface area contributed by atoms with Gasteiger partial charge in [-0.1, -0.05) is 25.0 Å². The van der Waals surface area contributed by atoms with Crippen LogP contribution in [0.25, 0.3) is 10.9 Å². The van der Waals surface area contributed by atoms with Crippen molar-refractivity contribution in [3.05, 3.63) is 35.5 Å². The van der Waals surface area contributed by atoms with Crippen molar-refractivity contribution in [2.75, 3.05) is 33.7 Å². The van der Waals surface area contributed by atoms with Crippen molar-refractivity contribution in [2.24, 2.45) is 10.4 Å². The number of hydrogen-bond acceptors (Lipinski definition) is 2. The number of fused-ring (bicyclic) bond motifs is 1. The minimum atomic E-state index is -0.333. The van der Waals surface area contributed by atoms with Crippen molar-refractivity contribution in [1.29, 1.82) is 0 Å². The average molecular weight is 398 g/mol. The zero-order valence-corrected chi connectivity index (χ0v) is 18.3. The Balaban J connectivity index is 1.63. The van der Waals surface area contributed by atoms with E-state index in [-0.39, 0.29) is 11.3 Å². The van der Waals surface area contributed by atoms with Crippen LogP contribution in [0.3, 0.4) is 0 Å². The molecule has 6 nitrogen and oxygen atoms in total. The number of carbonyl (C=O) groups is 1. The number of nitrogens with zero attached hydrogens (tertiary/aromatic N) is 2. The molecule has 1 aliphatic rings. The third kappa shape index (κ3) is 4.92. The van der Waals surface area contributed by atoms with E-state index in [0.29, 0.717) is 6.54 Å². The van der Waals surface area contributed by atoms with Gasteiger partial charge in [0.2, 0.25) is 5.91 Å². The zero-order chi connectivity index (χ0) is 20.9. The Hall–Kier alpha value is -2.50. The van der Waals surface area contributed by atoms with Gasteiger partial charge < -0.3 is 20.5 Å². The third-order valence-corrected chi connectivity index (χ3v) is 5.91. The van der Waals surface area contributed by atoms with Crippen LogP contribution >= 0.6 is 0 Å². The summed E-state index contributed by atoms with van der Waals surface area (Å²) >= 11 is 0. The molecule has 0 aliphatic heterocycles. The number of carbonyl (C=O) groups excluding carboxylic acids is 1. The quantitative estimate of drug-likeness (QED) is 0.496. The second kappa shape index (κ2) is 9.33. The van der Waals surface area contributed by atoms with E-state index in [9.17, 15) is 4.79 Å². The Kier molecular flexibility index (Phi) is 6.83. The molecule has 0 atom stereocenters. The van der Waals surface area contributed by atoms with Crippen molar-refractivity contribution in [1.82, 2.24) is 20.5 Å². The minimum absolute atomic E-state index is 0.212. The Morgan fingerprint density at radius 2 is 2.00 bits per heavy atom. The van der Waals surface area contributed by atoms with E-state index in [4.69, 9.17) is 4.99 Å². The van der Waals surface area contributed by atoms with Gasteiger partial charge in [-0.2, -0.15) is 0 Å². The van der Waals surface area contributed by atoms with Crippen LogP contribution in [0, 0.1) is 12.3 Å². The fourth-order valence-corrected chi connectivity index (χ4v) is 4.36. The Morgan fingerprint density at radius 1 is 1.24 bits per heavy atom. The molecular weight excluding hydrogens is 362 g/mol. The minimum Gasteiger partial charge on any atom is -0.361 e. The van der Waals surface area contributed by atoms with Crippen LogP contribution in [0.1, 0.15) is 43.7 Å². The van der Waals surface area contributed by atoms with Gasteiger partial charge in [0.1, 0.15) is 0 Å². The number of benzene rings is 1. The predicted octanol–water partition coefficient (Wildman–Crippen LogP) is 3.22. The SMILES string of the molecule is CCNC(=NCC1(C(=O)N(C)C)CCCC1)NCCc1c[nH]c2cc(C)ccc12. The van der Waals surface area contributed by atoms with Crippen molar-refractivity contribution >= 4 is 22.8 Å². The highest BCUT2D eigenvalue weighted by molar-refractivity contribution is 5.85. The maximum Gasteiger partial charge on any atom is 0.230 e. The fourth-order valence-electron chi connectivity index (χ4n) is 4.36. The van der Waals surface area contributed by atoms with E-state index in [0.717, 1.165) is 51.2 Å². The molecule has 158 valence electrons. The maximum absolute atomic E-state index is 12.8. The second-order valence-electron chi connectivity index (χ2n) is 8.42. The lowest BCUT2D eigenvalue weighted by Crippen LogP contribution is -2.43. The van der Waals surface area contributed by atoms with Gasteiger partial charge in [0.25, 0.3) is 0 Å². The Labute approximate surface area is 174 Å². The smallest absolute Gasteiger partial charge is 0.230 e. The first-order chi connectivity index (χ1) is 13.9. The zero-order valence-electron chi connectivity index (χ0n) is 18.3. The number of H-pyrrole nitrogens is 1. The summed E-state index contributed by atoms with van der Waals surface area (Å²) in [6.45, 7) is 6.31. The average Bonchev–Trinajstić information content (AvgIpc) is 3.33. The van der Waals surface area contributed by atoms with Gasteiger partial charge >= 0.3 is 0 Å². The van der Waals surface area contributed by atoms with Crippen LogP contribution < -0.4 is 10.6 Å². The number of guanidine groups is 1. The van der Waals surface area contributed by atoms with Crippen molar-refractivity contribution in [3.63, 3.8) is 0 Å². The Bertz CT molecular complexity index is 861. The molecule has 3 N–H and O–H groups in total. The highest BCUT2D eigenvalue weighted by Gasteiger charge is 2.42. The standard InChI is InChI=1S/C23H35N5O/c1-5-24-22(27-16-23(11-6-7-12-23)21(29)28(3)4)25-13-10-18-15-26-20-14-17(2)8-9-19(18)20/h8-9,14-15,26H,5-7,10-13,16H2,1-4H3,(H2,24,25,27). The van der Waals surface area contributed by atoms with E-state index in [2.05, 4.69) is 53.9 Å². The molecule has 0 radical (unpaired) electrons. The first-order valence-electron chi connectivity index (χ1n) is 10.8. The van der Waals surface area contributed by atoms with Crippen molar-refractivity contribution in [3.8, 4) is 0 Å². The highest BCUT2D eigenvalue weighted by atomic mass is 16.2. The van der Waals surface area contributed by atoms with E-state index in [1.807, 2.05) is 14.1 Å². The van der Waals surface area contributed by atoms with Gasteiger partial charge in [0, 0.05) is 44.3 Å². The van der Waals surface area contributed by atoms with Gasteiger partial charge in [0.15, 0.2) is 5.96 Å². The monoisotopic (exact) mass is 397 g/mol. The molecule has 0 spiro atoms. The number of rotatable bonds is 7. The summed E-state index contributed by atoms with van der Waals surface area (Å²) < 4.78 is 0. The number of hydrogen-bond donors (Lipinski definition) is 3. The molecule has 1 amide bonds. The summed E-state index contributed by atoms with van der Waals surface area (Å²) in [5.74, 6) is 1.00. The molecule has 1 aromatic carbocycles. The second-order valence-corrected chi connectivity index (χ2v) is 8.42. The number of aromatic amines is 1. The lowest BCUT2D eigenvalue weighted by atomic mass is 9.85. The summed E-state index contributed by atoms with van der Waals surface area (Å²) in [5.41, 5.74) is 3.42. The van der Waals surface area contributed by atoms with Crippen molar-refractivity contribution in [2.45, 2.75) is 46.0 Å².